The van der Waals surface area contributed by atoms with Crippen molar-refractivity contribution in [2.24, 2.45) is 5.92 Å². The zero-order valence-corrected chi connectivity index (χ0v) is 17.0. The highest BCUT2D eigenvalue weighted by atomic mass is 19.4. The number of hydrogen-bond donors (Lipinski definition) is 1. The zero-order chi connectivity index (χ0) is 22.3. The molecular weight excluding hydrogens is 397 g/mol. The number of ether oxygens (including phenoxy) is 1. The molecule has 0 fully saturated rings. The van der Waals surface area contributed by atoms with Gasteiger partial charge >= 0.3 is 12.1 Å². The molecule has 2 aromatic carbocycles. The van der Waals surface area contributed by atoms with Crippen LogP contribution in [-0.2, 0) is 35.2 Å². The van der Waals surface area contributed by atoms with E-state index in [4.69, 9.17) is 4.74 Å². The summed E-state index contributed by atoms with van der Waals surface area (Å²) >= 11 is 0. The van der Waals surface area contributed by atoms with E-state index in [9.17, 15) is 27.9 Å². The van der Waals surface area contributed by atoms with Crippen LogP contribution in [0, 0.1) is 5.92 Å². The normalized spacial score (nSPS) is 12.5. The minimum atomic E-state index is -4.40. The summed E-state index contributed by atoms with van der Waals surface area (Å²) in [4.78, 5) is 24.6. The molecule has 0 aliphatic heterocycles. The van der Waals surface area contributed by atoms with Gasteiger partial charge in [-0.25, -0.2) is 0 Å². The average Bonchev–Trinajstić information content (AvgIpc) is 2.71. The molecule has 1 N–H and O–H groups in total. The van der Waals surface area contributed by atoms with Gasteiger partial charge in [0.1, 0.15) is 0 Å². The highest BCUT2D eigenvalue weighted by Gasteiger charge is 2.29. The highest BCUT2D eigenvalue weighted by Crippen LogP contribution is 2.29. The summed E-state index contributed by atoms with van der Waals surface area (Å²) in [5.74, 6) is -0.913. The maximum atomic E-state index is 12.7. The molecule has 0 heterocycles. The Morgan fingerprint density at radius 3 is 2.27 bits per heavy atom. The Balaban J connectivity index is 2.09. The van der Waals surface area contributed by atoms with Crippen LogP contribution in [0.1, 0.15) is 52.9 Å². The fraction of sp³-hybridized carbons (Fsp3) is 0.391. The lowest BCUT2D eigenvalue weighted by Crippen LogP contribution is -2.17. The summed E-state index contributed by atoms with van der Waals surface area (Å²) in [5, 5.41) is 9.56. The SMILES string of the molecule is CCOC(=O)C(C)Cc1ccc(CO)c(C(=O)CCc2ccc(C(F)(F)F)cc2)c1. The molecule has 0 aromatic heterocycles. The van der Waals surface area contributed by atoms with Gasteiger partial charge in [-0.3, -0.25) is 9.59 Å². The van der Waals surface area contributed by atoms with Crippen molar-refractivity contribution in [1.82, 2.24) is 0 Å². The smallest absolute Gasteiger partial charge is 0.416 e. The molecule has 0 amide bonds. The molecule has 0 saturated carbocycles. The van der Waals surface area contributed by atoms with Crippen LogP contribution in [0.3, 0.4) is 0 Å². The predicted octanol–water partition coefficient (Wildman–Crippen LogP) is 4.75. The Hall–Kier alpha value is -2.67. The molecule has 0 radical (unpaired) electrons. The minimum absolute atomic E-state index is 0.0925. The summed E-state index contributed by atoms with van der Waals surface area (Å²) in [6, 6.07) is 9.79. The van der Waals surface area contributed by atoms with Crippen LogP contribution in [-0.4, -0.2) is 23.5 Å². The third kappa shape index (κ3) is 6.42. The second-order valence-corrected chi connectivity index (χ2v) is 7.12. The summed E-state index contributed by atoms with van der Waals surface area (Å²) in [7, 11) is 0. The maximum Gasteiger partial charge on any atom is 0.416 e. The first-order chi connectivity index (χ1) is 14.2. The summed E-state index contributed by atoms with van der Waals surface area (Å²) < 4.78 is 43.0. The average molecular weight is 422 g/mol. The lowest BCUT2D eigenvalue weighted by Gasteiger charge is -2.13. The second-order valence-electron chi connectivity index (χ2n) is 7.12. The van der Waals surface area contributed by atoms with E-state index in [-0.39, 0.29) is 37.1 Å². The van der Waals surface area contributed by atoms with E-state index in [0.717, 1.165) is 17.7 Å². The topological polar surface area (TPSA) is 63.6 Å². The van der Waals surface area contributed by atoms with Crippen LogP contribution in [0.25, 0.3) is 0 Å². The highest BCUT2D eigenvalue weighted by molar-refractivity contribution is 5.97. The number of aryl methyl sites for hydroxylation is 1. The Bertz CT molecular complexity index is 873. The van der Waals surface area contributed by atoms with E-state index < -0.39 is 11.7 Å². The van der Waals surface area contributed by atoms with Crippen LogP contribution in [0.5, 0.6) is 0 Å². The molecule has 1 atom stereocenters. The fourth-order valence-electron chi connectivity index (χ4n) is 3.12. The number of ketones is 1. The number of rotatable bonds is 9. The Labute approximate surface area is 173 Å². The van der Waals surface area contributed by atoms with Crippen molar-refractivity contribution < 1.29 is 32.6 Å². The maximum absolute atomic E-state index is 12.7. The molecule has 0 aliphatic carbocycles. The van der Waals surface area contributed by atoms with E-state index in [1.54, 1.807) is 32.0 Å². The van der Waals surface area contributed by atoms with Crippen molar-refractivity contribution in [2.75, 3.05) is 6.61 Å². The van der Waals surface area contributed by atoms with E-state index in [0.29, 0.717) is 29.7 Å². The van der Waals surface area contributed by atoms with Crippen LogP contribution < -0.4 is 0 Å². The van der Waals surface area contributed by atoms with Gasteiger partial charge in [-0.05, 0) is 54.7 Å². The van der Waals surface area contributed by atoms with Crippen LogP contribution in [0.15, 0.2) is 42.5 Å². The quantitative estimate of drug-likeness (QED) is 0.468. The molecule has 0 saturated heterocycles. The number of benzene rings is 2. The van der Waals surface area contributed by atoms with Crippen molar-refractivity contribution in [3.05, 3.63) is 70.3 Å². The summed E-state index contributed by atoms with van der Waals surface area (Å²) in [5.41, 5.74) is 1.49. The number of Topliss-reactive ketones (excluding diaryl/α,β-unsaturated/α-hetero) is 1. The van der Waals surface area contributed by atoms with Crippen LogP contribution in [0.4, 0.5) is 13.2 Å². The first-order valence-corrected chi connectivity index (χ1v) is 9.74. The molecule has 30 heavy (non-hydrogen) atoms. The van der Waals surface area contributed by atoms with Crippen molar-refractivity contribution in [3.63, 3.8) is 0 Å². The lowest BCUT2D eigenvalue weighted by molar-refractivity contribution is -0.147. The molecule has 0 aliphatic rings. The van der Waals surface area contributed by atoms with E-state index in [1.165, 1.54) is 12.1 Å². The van der Waals surface area contributed by atoms with E-state index >= 15 is 0 Å². The van der Waals surface area contributed by atoms with Gasteiger partial charge in [-0.15, -0.1) is 0 Å². The van der Waals surface area contributed by atoms with Gasteiger partial charge in [0.2, 0.25) is 0 Å². The first-order valence-electron chi connectivity index (χ1n) is 9.74. The minimum Gasteiger partial charge on any atom is -0.466 e. The first kappa shape index (κ1) is 23.6. The van der Waals surface area contributed by atoms with Gasteiger partial charge in [0.25, 0.3) is 0 Å². The van der Waals surface area contributed by atoms with E-state index in [2.05, 4.69) is 0 Å². The second kappa shape index (κ2) is 10.4. The lowest BCUT2D eigenvalue weighted by atomic mass is 9.93. The molecule has 1 unspecified atom stereocenters. The van der Waals surface area contributed by atoms with Gasteiger partial charge in [-0.2, -0.15) is 13.2 Å². The Kier molecular flexibility index (Phi) is 8.17. The monoisotopic (exact) mass is 422 g/mol. The largest absolute Gasteiger partial charge is 0.466 e. The van der Waals surface area contributed by atoms with Gasteiger partial charge in [0, 0.05) is 12.0 Å². The zero-order valence-electron chi connectivity index (χ0n) is 17.0. The third-order valence-electron chi connectivity index (χ3n) is 4.80. The number of esters is 1. The van der Waals surface area contributed by atoms with Gasteiger partial charge in [0.15, 0.2) is 5.78 Å². The number of aliphatic hydroxyl groups is 1. The van der Waals surface area contributed by atoms with Gasteiger partial charge in [-0.1, -0.05) is 31.2 Å². The number of halogens is 3. The number of carbonyl (C=O) groups excluding carboxylic acids is 2. The van der Waals surface area contributed by atoms with Crippen molar-refractivity contribution in [3.8, 4) is 0 Å². The molecule has 0 bridgehead atoms. The van der Waals surface area contributed by atoms with Crippen LogP contribution >= 0.6 is 0 Å². The molecule has 4 nitrogen and oxygen atoms in total. The van der Waals surface area contributed by atoms with Crippen molar-refractivity contribution in [1.29, 1.82) is 0 Å². The fourth-order valence-corrected chi connectivity index (χ4v) is 3.12. The third-order valence-corrected chi connectivity index (χ3v) is 4.80. The molecule has 2 aromatic rings. The molecule has 7 heteroatoms. The van der Waals surface area contributed by atoms with Crippen LogP contribution in [0.2, 0.25) is 0 Å². The predicted molar refractivity (Wildman–Crippen MR) is 106 cm³/mol. The number of alkyl halides is 3. The van der Waals surface area contributed by atoms with Gasteiger partial charge in [0.05, 0.1) is 24.7 Å². The number of carbonyl (C=O) groups is 2. The molecule has 2 rings (SSSR count). The van der Waals surface area contributed by atoms with Gasteiger partial charge < -0.3 is 9.84 Å². The molecule has 162 valence electrons. The Morgan fingerprint density at radius 2 is 1.70 bits per heavy atom. The number of aliphatic hydroxyl groups excluding tert-OH is 1. The van der Waals surface area contributed by atoms with Crippen molar-refractivity contribution in [2.45, 2.75) is 45.9 Å². The van der Waals surface area contributed by atoms with E-state index in [1.807, 2.05) is 0 Å². The number of hydrogen-bond acceptors (Lipinski definition) is 4. The summed E-state index contributed by atoms with van der Waals surface area (Å²) in [6.45, 7) is 3.45. The van der Waals surface area contributed by atoms with Crippen molar-refractivity contribution >= 4 is 11.8 Å². The Morgan fingerprint density at radius 1 is 1.07 bits per heavy atom. The standard InChI is InChI=1S/C23H25F3O4/c1-3-30-22(29)15(2)12-17-4-8-18(14-27)20(13-17)21(28)11-7-16-5-9-19(10-6-16)23(24,25)26/h4-6,8-10,13,15,27H,3,7,11-12,14H2,1-2H3. The summed E-state index contributed by atoms with van der Waals surface area (Å²) in [6.07, 6.45) is -3.63. The molecule has 0 spiro atoms. The molecular formula is C23H25F3O4.